The number of amides is 3. The molecule has 2 aliphatic rings. The van der Waals surface area contributed by atoms with Gasteiger partial charge in [0, 0.05) is 5.75 Å². The molecule has 0 aliphatic carbocycles. The number of imide groups is 1. The van der Waals surface area contributed by atoms with E-state index in [-0.39, 0.29) is 23.4 Å². The number of thioether (sulfide) groups is 1. The van der Waals surface area contributed by atoms with Crippen LogP contribution in [-0.4, -0.2) is 28.6 Å². The number of benzene rings is 2. The minimum atomic E-state index is -0.358. The molecule has 0 N–H and O–H groups in total. The lowest BCUT2D eigenvalue weighted by atomic mass is 10.2. The molecule has 2 saturated heterocycles. The zero-order valence-corrected chi connectivity index (χ0v) is 12.6. The van der Waals surface area contributed by atoms with Crippen molar-refractivity contribution >= 4 is 29.4 Å². The number of carbonyl (C=O) groups excluding carboxylic acids is 2. The van der Waals surface area contributed by atoms with Crippen LogP contribution in [0.2, 0.25) is 0 Å². The van der Waals surface area contributed by atoms with Crippen LogP contribution in [0.25, 0.3) is 0 Å². The number of anilines is 1. The SMILES string of the molecule is O=C1C2CSC(c3ccccc3)N2C(=O)N1c1ccccc1. The van der Waals surface area contributed by atoms with Crippen LogP contribution < -0.4 is 4.90 Å². The summed E-state index contributed by atoms with van der Waals surface area (Å²) in [5.41, 5.74) is 1.70. The zero-order chi connectivity index (χ0) is 15.1. The maximum Gasteiger partial charge on any atom is 0.333 e. The molecular formula is C17H14N2O2S. The Morgan fingerprint density at radius 1 is 0.909 bits per heavy atom. The maximum absolute atomic E-state index is 12.8. The Hall–Kier alpha value is -2.27. The van der Waals surface area contributed by atoms with Crippen molar-refractivity contribution in [2.45, 2.75) is 11.4 Å². The fourth-order valence-corrected chi connectivity index (χ4v) is 4.39. The van der Waals surface area contributed by atoms with Crippen molar-refractivity contribution < 1.29 is 9.59 Å². The summed E-state index contributed by atoms with van der Waals surface area (Å²) in [7, 11) is 0. The number of hydrogen-bond acceptors (Lipinski definition) is 3. The molecule has 0 radical (unpaired) electrons. The molecule has 3 amide bonds. The van der Waals surface area contributed by atoms with E-state index in [0.717, 1.165) is 5.56 Å². The summed E-state index contributed by atoms with van der Waals surface area (Å²) in [4.78, 5) is 28.4. The minimum absolute atomic E-state index is 0.0867. The van der Waals surface area contributed by atoms with E-state index in [2.05, 4.69) is 0 Å². The van der Waals surface area contributed by atoms with Gasteiger partial charge in [0.25, 0.3) is 5.91 Å². The van der Waals surface area contributed by atoms with Crippen LogP contribution in [0.1, 0.15) is 10.9 Å². The lowest BCUT2D eigenvalue weighted by Crippen LogP contribution is -2.33. The van der Waals surface area contributed by atoms with Crippen molar-refractivity contribution in [1.29, 1.82) is 0 Å². The number of nitrogens with zero attached hydrogens (tertiary/aromatic N) is 2. The largest absolute Gasteiger partial charge is 0.333 e. The first-order chi connectivity index (χ1) is 10.8. The number of carbonyl (C=O) groups is 2. The summed E-state index contributed by atoms with van der Waals surface area (Å²) >= 11 is 1.65. The fraction of sp³-hybridized carbons (Fsp3) is 0.176. The van der Waals surface area contributed by atoms with E-state index < -0.39 is 0 Å². The second kappa shape index (κ2) is 5.18. The smallest absolute Gasteiger partial charge is 0.295 e. The highest BCUT2D eigenvalue weighted by atomic mass is 32.2. The molecule has 4 rings (SSSR count). The van der Waals surface area contributed by atoms with Crippen LogP contribution in [0, 0.1) is 0 Å². The normalized spacial score (nSPS) is 24.0. The van der Waals surface area contributed by atoms with Crippen LogP contribution in [0.3, 0.4) is 0 Å². The van der Waals surface area contributed by atoms with Gasteiger partial charge in [-0.1, -0.05) is 48.5 Å². The summed E-state index contributed by atoms with van der Waals surface area (Å²) in [5, 5.41) is -0.0867. The van der Waals surface area contributed by atoms with Crippen LogP contribution in [-0.2, 0) is 4.79 Å². The molecule has 22 heavy (non-hydrogen) atoms. The van der Waals surface area contributed by atoms with Crippen molar-refractivity contribution in [1.82, 2.24) is 4.90 Å². The van der Waals surface area contributed by atoms with Crippen molar-refractivity contribution in [2.75, 3.05) is 10.7 Å². The van der Waals surface area contributed by atoms with Crippen molar-refractivity contribution in [3.63, 3.8) is 0 Å². The third-order valence-corrected chi connectivity index (χ3v) is 5.34. The number of urea groups is 1. The van der Waals surface area contributed by atoms with Gasteiger partial charge in [-0.25, -0.2) is 9.69 Å². The molecule has 2 atom stereocenters. The Morgan fingerprint density at radius 3 is 2.23 bits per heavy atom. The van der Waals surface area contributed by atoms with Crippen LogP contribution >= 0.6 is 11.8 Å². The molecule has 0 bridgehead atoms. The van der Waals surface area contributed by atoms with Gasteiger partial charge in [-0.05, 0) is 17.7 Å². The average molecular weight is 310 g/mol. The minimum Gasteiger partial charge on any atom is -0.295 e. The highest BCUT2D eigenvalue weighted by Crippen LogP contribution is 2.45. The molecule has 5 heteroatoms. The highest BCUT2D eigenvalue weighted by molar-refractivity contribution is 7.99. The predicted molar refractivity (Wildman–Crippen MR) is 86.6 cm³/mol. The second-order valence-corrected chi connectivity index (χ2v) is 6.42. The first-order valence-corrected chi connectivity index (χ1v) is 8.20. The molecular weight excluding hydrogens is 296 g/mol. The van der Waals surface area contributed by atoms with E-state index in [1.165, 1.54) is 4.90 Å². The quantitative estimate of drug-likeness (QED) is 0.799. The second-order valence-electron chi connectivity index (χ2n) is 5.31. The first-order valence-electron chi connectivity index (χ1n) is 7.15. The van der Waals surface area contributed by atoms with E-state index in [4.69, 9.17) is 0 Å². The maximum atomic E-state index is 12.8. The summed E-state index contributed by atoms with van der Waals surface area (Å²) in [6.07, 6.45) is 0. The number of fused-ring (bicyclic) bond motifs is 1. The standard InChI is InChI=1S/C17H14N2O2S/c20-15-14-11-22-16(12-7-3-1-4-8-12)19(14)17(21)18(15)13-9-5-2-6-10-13/h1-10,14,16H,11H2. The van der Waals surface area contributed by atoms with Gasteiger partial charge in [0.05, 0.1) is 5.69 Å². The van der Waals surface area contributed by atoms with Gasteiger partial charge in [-0.2, -0.15) is 0 Å². The topological polar surface area (TPSA) is 40.6 Å². The predicted octanol–water partition coefficient (Wildman–Crippen LogP) is 3.27. The molecule has 4 nitrogen and oxygen atoms in total. The van der Waals surface area contributed by atoms with Gasteiger partial charge >= 0.3 is 6.03 Å². The Balaban J connectivity index is 1.70. The van der Waals surface area contributed by atoms with Crippen molar-refractivity contribution in [2.24, 2.45) is 0 Å². The number of rotatable bonds is 2. The van der Waals surface area contributed by atoms with Crippen molar-refractivity contribution in [3.8, 4) is 0 Å². The van der Waals surface area contributed by atoms with Gasteiger partial charge in [0.2, 0.25) is 0 Å². The first kappa shape index (κ1) is 13.4. The monoisotopic (exact) mass is 310 g/mol. The Bertz CT molecular complexity index is 720. The molecule has 2 aromatic carbocycles. The summed E-state index contributed by atoms with van der Waals surface area (Å²) in [6, 6.07) is 18.4. The lowest BCUT2D eigenvalue weighted by molar-refractivity contribution is -0.119. The van der Waals surface area contributed by atoms with Gasteiger partial charge in [-0.3, -0.25) is 9.69 Å². The molecule has 0 saturated carbocycles. The molecule has 2 aliphatic heterocycles. The number of hydrogen-bond donors (Lipinski definition) is 0. The van der Waals surface area contributed by atoms with Gasteiger partial charge < -0.3 is 0 Å². The van der Waals surface area contributed by atoms with Crippen LogP contribution in [0.15, 0.2) is 60.7 Å². The van der Waals surface area contributed by atoms with E-state index in [0.29, 0.717) is 11.4 Å². The fourth-order valence-electron chi connectivity index (χ4n) is 2.98. The third-order valence-electron chi connectivity index (χ3n) is 4.02. The highest BCUT2D eigenvalue weighted by Gasteiger charge is 2.53. The van der Waals surface area contributed by atoms with Crippen LogP contribution in [0.5, 0.6) is 0 Å². The summed E-state index contributed by atoms with van der Waals surface area (Å²) in [5.74, 6) is 0.523. The third kappa shape index (κ3) is 1.93. The van der Waals surface area contributed by atoms with Gasteiger partial charge in [0.15, 0.2) is 0 Å². The molecule has 2 heterocycles. The summed E-state index contributed by atoms with van der Waals surface area (Å²) in [6.45, 7) is 0. The van der Waals surface area contributed by atoms with E-state index >= 15 is 0 Å². The Kier molecular flexibility index (Phi) is 3.15. The van der Waals surface area contributed by atoms with Crippen LogP contribution in [0.4, 0.5) is 10.5 Å². The van der Waals surface area contributed by atoms with E-state index in [1.54, 1.807) is 28.8 Å². The molecule has 0 aromatic heterocycles. The van der Waals surface area contributed by atoms with Crippen molar-refractivity contribution in [3.05, 3.63) is 66.2 Å². The molecule has 2 fully saturated rings. The molecule has 0 spiro atoms. The summed E-state index contributed by atoms with van der Waals surface area (Å²) < 4.78 is 0. The van der Waals surface area contributed by atoms with Gasteiger partial charge in [0.1, 0.15) is 11.4 Å². The average Bonchev–Trinajstić information content (AvgIpc) is 3.10. The Labute approximate surface area is 132 Å². The molecule has 2 aromatic rings. The zero-order valence-electron chi connectivity index (χ0n) is 11.8. The van der Waals surface area contributed by atoms with E-state index in [9.17, 15) is 9.59 Å². The van der Waals surface area contributed by atoms with E-state index in [1.807, 2.05) is 48.5 Å². The van der Waals surface area contributed by atoms with Gasteiger partial charge in [-0.15, -0.1) is 11.8 Å². The molecule has 2 unspecified atom stereocenters. The lowest BCUT2D eigenvalue weighted by Gasteiger charge is -2.22. The number of para-hydroxylation sites is 1. The molecule has 110 valence electrons. The Morgan fingerprint density at radius 2 is 1.55 bits per heavy atom.